The standard InChI is InChI=1S/C31H44N2O5/c34-31(37-29-27(13-7-19-32-29)17-23-35-21-15-25-9-3-1-4-10-25)38-30-28(14-8-20-33-30)18-24-36-22-16-26-11-5-2-6-12-26/h7-8,13-14,19-20,25-26H,1-6,9-12,15-18,21-24H2. The van der Waals surface area contributed by atoms with E-state index in [1.54, 1.807) is 12.4 Å². The van der Waals surface area contributed by atoms with Crippen molar-refractivity contribution in [2.75, 3.05) is 26.4 Å². The summed E-state index contributed by atoms with van der Waals surface area (Å²) < 4.78 is 22.7. The molecule has 0 aliphatic heterocycles. The SMILES string of the molecule is O=C(Oc1ncccc1CCOCCC1CCCCC1)Oc1ncccc1CCOCCC1CCCCC1. The summed E-state index contributed by atoms with van der Waals surface area (Å²) in [5.41, 5.74) is 1.63. The van der Waals surface area contributed by atoms with E-state index in [1.165, 1.54) is 64.2 Å². The van der Waals surface area contributed by atoms with Gasteiger partial charge in [0.25, 0.3) is 0 Å². The van der Waals surface area contributed by atoms with Gasteiger partial charge in [-0.3, -0.25) is 0 Å². The summed E-state index contributed by atoms with van der Waals surface area (Å²) in [4.78, 5) is 21.1. The summed E-state index contributed by atoms with van der Waals surface area (Å²) in [5, 5.41) is 0. The molecule has 7 heteroatoms. The minimum atomic E-state index is -0.846. The number of nitrogens with zero attached hydrogens (tertiary/aromatic N) is 2. The van der Waals surface area contributed by atoms with E-state index < -0.39 is 6.16 Å². The maximum absolute atomic E-state index is 12.6. The van der Waals surface area contributed by atoms with E-state index in [4.69, 9.17) is 18.9 Å². The zero-order valence-electron chi connectivity index (χ0n) is 22.8. The molecular formula is C31H44N2O5. The van der Waals surface area contributed by atoms with Crippen molar-refractivity contribution in [3.05, 3.63) is 47.8 Å². The Kier molecular flexibility index (Phi) is 12.3. The van der Waals surface area contributed by atoms with Gasteiger partial charge in [0.15, 0.2) is 0 Å². The van der Waals surface area contributed by atoms with E-state index in [1.807, 2.05) is 24.3 Å². The fourth-order valence-corrected chi connectivity index (χ4v) is 5.61. The third kappa shape index (κ3) is 9.99. The summed E-state index contributed by atoms with van der Waals surface area (Å²) in [6, 6.07) is 7.47. The van der Waals surface area contributed by atoms with E-state index in [0.717, 1.165) is 49.0 Å². The van der Waals surface area contributed by atoms with Gasteiger partial charge in [-0.25, -0.2) is 14.8 Å². The molecule has 2 aromatic heterocycles. The van der Waals surface area contributed by atoms with Gasteiger partial charge in [0.05, 0.1) is 13.2 Å². The lowest BCUT2D eigenvalue weighted by atomic mass is 9.87. The highest BCUT2D eigenvalue weighted by molar-refractivity contribution is 5.66. The normalized spacial score (nSPS) is 16.8. The first kappa shape index (κ1) is 28.5. The van der Waals surface area contributed by atoms with Crippen molar-refractivity contribution in [2.45, 2.75) is 89.9 Å². The minimum Gasteiger partial charge on any atom is -0.381 e. The topological polar surface area (TPSA) is 79.8 Å². The zero-order valence-corrected chi connectivity index (χ0v) is 22.8. The van der Waals surface area contributed by atoms with Crippen LogP contribution < -0.4 is 9.47 Å². The molecule has 7 nitrogen and oxygen atoms in total. The molecule has 2 saturated carbocycles. The second kappa shape index (κ2) is 16.5. The first-order chi connectivity index (χ1) is 18.8. The van der Waals surface area contributed by atoms with Crippen LogP contribution in [0.4, 0.5) is 4.79 Å². The molecule has 0 spiro atoms. The number of ether oxygens (including phenoxy) is 4. The van der Waals surface area contributed by atoms with Gasteiger partial charge in [0, 0.05) is 49.6 Å². The van der Waals surface area contributed by atoms with Gasteiger partial charge >= 0.3 is 6.16 Å². The monoisotopic (exact) mass is 524 g/mol. The highest BCUT2D eigenvalue weighted by Crippen LogP contribution is 2.27. The van der Waals surface area contributed by atoms with Crippen LogP contribution in [0.5, 0.6) is 11.8 Å². The quantitative estimate of drug-likeness (QED) is 0.192. The van der Waals surface area contributed by atoms with Gasteiger partial charge in [-0.2, -0.15) is 0 Å². The van der Waals surface area contributed by atoms with Crippen molar-refractivity contribution >= 4 is 6.16 Å². The second-order valence-electron chi connectivity index (χ2n) is 10.7. The molecule has 0 saturated heterocycles. The highest BCUT2D eigenvalue weighted by Gasteiger charge is 2.17. The number of rotatable bonds is 14. The molecule has 0 amide bonds. The smallest absolute Gasteiger partial charge is 0.381 e. The third-order valence-electron chi connectivity index (χ3n) is 7.88. The fraction of sp³-hybridized carbons (Fsp3) is 0.645. The lowest BCUT2D eigenvalue weighted by Crippen LogP contribution is -2.18. The van der Waals surface area contributed by atoms with Crippen LogP contribution in [-0.4, -0.2) is 42.6 Å². The van der Waals surface area contributed by atoms with Crippen LogP contribution >= 0.6 is 0 Å². The van der Waals surface area contributed by atoms with Crippen LogP contribution in [-0.2, 0) is 22.3 Å². The summed E-state index contributed by atoms with van der Waals surface area (Å²) in [7, 11) is 0. The van der Waals surface area contributed by atoms with Crippen LogP contribution in [0.1, 0.15) is 88.2 Å². The Balaban J connectivity index is 1.18. The molecule has 0 bridgehead atoms. The van der Waals surface area contributed by atoms with Crippen molar-refractivity contribution < 1.29 is 23.7 Å². The average molecular weight is 525 g/mol. The zero-order chi connectivity index (χ0) is 26.3. The van der Waals surface area contributed by atoms with E-state index in [-0.39, 0.29) is 11.8 Å². The number of hydrogen-bond acceptors (Lipinski definition) is 7. The molecule has 2 aliphatic carbocycles. The van der Waals surface area contributed by atoms with Crippen LogP contribution in [0.15, 0.2) is 36.7 Å². The fourth-order valence-electron chi connectivity index (χ4n) is 5.61. The molecule has 0 atom stereocenters. The van der Waals surface area contributed by atoms with Crippen molar-refractivity contribution in [1.29, 1.82) is 0 Å². The molecule has 2 aliphatic rings. The average Bonchev–Trinajstić information content (AvgIpc) is 2.95. The van der Waals surface area contributed by atoms with Crippen LogP contribution in [0.2, 0.25) is 0 Å². The summed E-state index contributed by atoms with van der Waals surface area (Å²) in [6.45, 7) is 2.68. The van der Waals surface area contributed by atoms with Gasteiger partial charge in [-0.05, 0) is 36.8 Å². The molecule has 0 N–H and O–H groups in total. The number of carbonyl (C=O) groups is 1. The van der Waals surface area contributed by atoms with Gasteiger partial charge in [0.2, 0.25) is 11.8 Å². The Hall–Kier alpha value is -2.51. The molecule has 0 radical (unpaired) electrons. The third-order valence-corrected chi connectivity index (χ3v) is 7.88. The van der Waals surface area contributed by atoms with Gasteiger partial charge in [0.1, 0.15) is 0 Å². The molecule has 38 heavy (non-hydrogen) atoms. The largest absolute Gasteiger partial charge is 0.522 e. The Labute approximate surface area is 227 Å². The molecule has 4 rings (SSSR count). The summed E-state index contributed by atoms with van der Waals surface area (Å²) in [5.74, 6) is 2.11. The van der Waals surface area contributed by atoms with Crippen molar-refractivity contribution in [3.63, 3.8) is 0 Å². The summed E-state index contributed by atoms with van der Waals surface area (Å²) >= 11 is 0. The maximum atomic E-state index is 12.6. The van der Waals surface area contributed by atoms with Crippen LogP contribution in [0.25, 0.3) is 0 Å². The van der Waals surface area contributed by atoms with Crippen molar-refractivity contribution in [3.8, 4) is 11.8 Å². The van der Waals surface area contributed by atoms with Gasteiger partial charge < -0.3 is 18.9 Å². The Bertz CT molecular complexity index is 881. The minimum absolute atomic E-state index is 0.247. The molecule has 2 heterocycles. The van der Waals surface area contributed by atoms with Gasteiger partial charge in [-0.1, -0.05) is 76.3 Å². The Morgan fingerprint density at radius 3 is 1.55 bits per heavy atom. The summed E-state index contributed by atoms with van der Waals surface area (Å²) in [6.07, 6.45) is 19.3. The molecule has 0 unspecified atom stereocenters. The van der Waals surface area contributed by atoms with Crippen molar-refractivity contribution in [2.24, 2.45) is 11.8 Å². The molecule has 2 aromatic rings. The van der Waals surface area contributed by atoms with Crippen LogP contribution in [0.3, 0.4) is 0 Å². The van der Waals surface area contributed by atoms with E-state index >= 15 is 0 Å². The predicted octanol–water partition coefficient (Wildman–Crippen LogP) is 7.11. The van der Waals surface area contributed by atoms with E-state index in [2.05, 4.69) is 9.97 Å². The number of hydrogen-bond donors (Lipinski definition) is 0. The first-order valence-electron chi connectivity index (χ1n) is 14.7. The predicted molar refractivity (Wildman–Crippen MR) is 147 cm³/mol. The lowest BCUT2D eigenvalue weighted by Gasteiger charge is -2.21. The van der Waals surface area contributed by atoms with Gasteiger partial charge in [-0.15, -0.1) is 0 Å². The molecule has 208 valence electrons. The molecular weight excluding hydrogens is 480 g/mol. The van der Waals surface area contributed by atoms with Crippen molar-refractivity contribution in [1.82, 2.24) is 9.97 Å². The highest BCUT2D eigenvalue weighted by atomic mass is 16.7. The van der Waals surface area contributed by atoms with E-state index in [0.29, 0.717) is 26.1 Å². The molecule has 2 fully saturated rings. The lowest BCUT2D eigenvalue weighted by molar-refractivity contribution is 0.114. The second-order valence-corrected chi connectivity index (χ2v) is 10.7. The number of pyridine rings is 2. The number of carbonyl (C=O) groups excluding carboxylic acids is 1. The van der Waals surface area contributed by atoms with E-state index in [9.17, 15) is 4.79 Å². The Morgan fingerprint density at radius 1 is 0.658 bits per heavy atom. The van der Waals surface area contributed by atoms with Crippen LogP contribution in [0, 0.1) is 11.8 Å². The first-order valence-corrected chi connectivity index (χ1v) is 14.7. The number of aromatic nitrogens is 2. The maximum Gasteiger partial charge on any atom is 0.522 e. The Morgan fingerprint density at radius 2 is 1.11 bits per heavy atom. The molecule has 0 aromatic carbocycles.